The molecule has 146 valence electrons. The second-order valence-electron chi connectivity index (χ2n) is 7.48. The molecule has 1 saturated heterocycles. The van der Waals surface area contributed by atoms with Gasteiger partial charge in [-0.05, 0) is 49.1 Å². The van der Waals surface area contributed by atoms with Crippen LogP contribution in [-0.4, -0.2) is 37.8 Å². The monoisotopic (exact) mass is 386 g/mol. The Morgan fingerprint density at radius 1 is 1.00 bits per heavy atom. The molecule has 1 aliphatic rings. The largest absolute Gasteiger partial charge is 0.342 e. The lowest BCUT2D eigenvalue weighted by molar-refractivity contribution is 0.334. The first-order chi connectivity index (χ1) is 14.3. The van der Waals surface area contributed by atoms with E-state index in [9.17, 15) is 4.79 Å². The molecule has 0 radical (unpaired) electrons. The molecule has 3 aromatic heterocycles. The summed E-state index contributed by atoms with van der Waals surface area (Å²) in [4.78, 5) is 26.8. The van der Waals surface area contributed by atoms with Crippen molar-refractivity contribution in [3.63, 3.8) is 0 Å². The van der Waals surface area contributed by atoms with Crippen LogP contribution in [0.2, 0.25) is 0 Å². The molecule has 7 nitrogen and oxygen atoms in total. The summed E-state index contributed by atoms with van der Waals surface area (Å²) >= 11 is 0. The Morgan fingerprint density at radius 3 is 2.59 bits per heavy atom. The van der Waals surface area contributed by atoms with Crippen LogP contribution in [0.15, 0.2) is 65.7 Å². The van der Waals surface area contributed by atoms with Gasteiger partial charge in [0.1, 0.15) is 0 Å². The summed E-state index contributed by atoms with van der Waals surface area (Å²) in [6.45, 7) is 2.48. The van der Waals surface area contributed by atoms with Crippen molar-refractivity contribution >= 4 is 17.0 Å². The lowest BCUT2D eigenvalue weighted by atomic mass is 9.97. The van der Waals surface area contributed by atoms with Crippen LogP contribution in [0.3, 0.4) is 0 Å². The first-order valence-corrected chi connectivity index (χ1v) is 9.94. The van der Waals surface area contributed by atoms with Crippen LogP contribution in [0, 0.1) is 5.92 Å². The smallest absolute Gasteiger partial charge is 0.266 e. The zero-order valence-electron chi connectivity index (χ0n) is 16.0. The highest BCUT2D eigenvalue weighted by Gasteiger charge is 2.22. The van der Waals surface area contributed by atoms with Gasteiger partial charge in [0.15, 0.2) is 0 Å². The average Bonchev–Trinajstić information content (AvgIpc) is 3.21. The number of aromatic amines is 1. The number of piperidine rings is 1. The maximum atomic E-state index is 12.3. The number of aromatic nitrogens is 5. The first-order valence-electron chi connectivity index (χ1n) is 9.94. The number of para-hydroxylation sites is 2. The van der Waals surface area contributed by atoms with Gasteiger partial charge >= 0.3 is 0 Å². The van der Waals surface area contributed by atoms with Gasteiger partial charge in [0.05, 0.1) is 16.7 Å². The number of anilines is 1. The highest BCUT2D eigenvalue weighted by Crippen LogP contribution is 2.24. The van der Waals surface area contributed by atoms with E-state index in [4.69, 9.17) is 4.98 Å². The van der Waals surface area contributed by atoms with Crippen molar-refractivity contribution in [3.8, 4) is 11.3 Å². The number of hydrogen-bond acceptors (Lipinski definition) is 5. The van der Waals surface area contributed by atoms with E-state index in [-0.39, 0.29) is 5.56 Å². The Labute approximate surface area is 168 Å². The van der Waals surface area contributed by atoms with Crippen LogP contribution in [0.4, 0.5) is 5.95 Å². The zero-order valence-corrected chi connectivity index (χ0v) is 16.0. The van der Waals surface area contributed by atoms with Gasteiger partial charge in [0.2, 0.25) is 5.95 Å². The fraction of sp³-hybridized carbons (Fsp3) is 0.273. The number of imidazole rings is 1. The van der Waals surface area contributed by atoms with Gasteiger partial charge in [-0.15, -0.1) is 0 Å². The highest BCUT2D eigenvalue weighted by atomic mass is 16.1. The third-order valence-corrected chi connectivity index (χ3v) is 5.56. The lowest BCUT2D eigenvalue weighted by Gasteiger charge is -2.31. The van der Waals surface area contributed by atoms with Crippen molar-refractivity contribution < 1.29 is 0 Å². The number of rotatable bonds is 4. The van der Waals surface area contributed by atoms with Crippen LogP contribution in [0.5, 0.6) is 0 Å². The SMILES string of the molecule is O=c1ccc(-c2ccncc2)nn1CC1CCN(c2nc3ccccc3[nH]2)CC1. The van der Waals surface area contributed by atoms with Crippen molar-refractivity contribution in [3.05, 3.63) is 71.3 Å². The van der Waals surface area contributed by atoms with Gasteiger partial charge in [0, 0.05) is 43.7 Å². The predicted molar refractivity (Wildman–Crippen MR) is 113 cm³/mol. The van der Waals surface area contributed by atoms with Gasteiger partial charge in [-0.25, -0.2) is 9.67 Å². The van der Waals surface area contributed by atoms with Crippen LogP contribution in [0.1, 0.15) is 12.8 Å². The average molecular weight is 386 g/mol. The van der Waals surface area contributed by atoms with E-state index in [0.29, 0.717) is 12.5 Å². The van der Waals surface area contributed by atoms with E-state index in [0.717, 1.165) is 54.2 Å². The van der Waals surface area contributed by atoms with E-state index < -0.39 is 0 Å². The number of benzene rings is 1. The molecular weight excluding hydrogens is 364 g/mol. The molecule has 1 aliphatic heterocycles. The predicted octanol–water partition coefficient (Wildman–Crippen LogP) is 3.10. The molecule has 0 bridgehead atoms. The summed E-state index contributed by atoms with van der Waals surface area (Å²) in [6.07, 6.45) is 5.48. The van der Waals surface area contributed by atoms with Gasteiger partial charge < -0.3 is 9.88 Å². The Bertz CT molecular complexity index is 1140. The highest BCUT2D eigenvalue weighted by molar-refractivity contribution is 5.77. The lowest BCUT2D eigenvalue weighted by Crippen LogP contribution is -2.37. The van der Waals surface area contributed by atoms with Crippen molar-refractivity contribution in [1.82, 2.24) is 24.7 Å². The molecule has 0 atom stereocenters. The first kappa shape index (κ1) is 17.6. The molecule has 0 aliphatic carbocycles. The maximum absolute atomic E-state index is 12.3. The standard InChI is InChI=1S/C22H22N6O/c29-21-6-5-18(17-7-11-23-12-8-17)26-28(21)15-16-9-13-27(14-10-16)22-24-19-3-1-2-4-20(19)25-22/h1-8,11-12,16H,9-10,13-15H2,(H,24,25). The molecule has 0 amide bonds. The van der Waals surface area contributed by atoms with Crippen molar-refractivity contribution in [2.75, 3.05) is 18.0 Å². The molecule has 0 spiro atoms. The third-order valence-electron chi connectivity index (χ3n) is 5.56. The van der Waals surface area contributed by atoms with E-state index in [2.05, 4.69) is 20.0 Å². The van der Waals surface area contributed by atoms with Gasteiger partial charge in [-0.2, -0.15) is 5.10 Å². The molecule has 4 heterocycles. The number of H-pyrrole nitrogens is 1. The number of pyridine rings is 1. The number of nitrogens with zero attached hydrogens (tertiary/aromatic N) is 5. The topological polar surface area (TPSA) is 79.7 Å². The Morgan fingerprint density at radius 2 is 1.79 bits per heavy atom. The van der Waals surface area contributed by atoms with Crippen molar-refractivity contribution in [2.45, 2.75) is 19.4 Å². The quantitative estimate of drug-likeness (QED) is 0.583. The van der Waals surface area contributed by atoms with Crippen LogP contribution in [-0.2, 0) is 6.54 Å². The minimum atomic E-state index is -0.0532. The summed E-state index contributed by atoms with van der Waals surface area (Å²) in [5.41, 5.74) is 3.77. The third kappa shape index (κ3) is 3.63. The zero-order chi connectivity index (χ0) is 19.6. The van der Waals surface area contributed by atoms with E-state index >= 15 is 0 Å². The molecule has 1 fully saturated rings. The second-order valence-corrected chi connectivity index (χ2v) is 7.48. The number of nitrogens with one attached hydrogen (secondary N) is 1. The maximum Gasteiger partial charge on any atom is 0.266 e. The van der Waals surface area contributed by atoms with Crippen LogP contribution >= 0.6 is 0 Å². The fourth-order valence-corrected chi connectivity index (χ4v) is 3.92. The Balaban J connectivity index is 1.27. The second kappa shape index (κ2) is 7.50. The van der Waals surface area contributed by atoms with Gasteiger partial charge in [-0.1, -0.05) is 12.1 Å². The van der Waals surface area contributed by atoms with E-state index in [1.807, 2.05) is 36.4 Å². The van der Waals surface area contributed by atoms with Crippen LogP contribution < -0.4 is 10.5 Å². The summed E-state index contributed by atoms with van der Waals surface area (Å²) in [5, 5.41) is 4.59. The van der Waals surface area contributed by atoms with Gasteiger partial charge in [-0.3, -0.25) is 9.78 Å². The van der Waals surface area contributed by atoms with Crippen LogP contribution in [0.25, 0.3) is 22.3 Å². The summed E-state index contributed by atoms with van der Waals surface area (Å²) in [5.74, 6) is 1.35. The molecule has 5 rings (SSSR count). The molecule has 1 N–H and O–H groups in total. The Kier molecular flexibility index (Phi) is 4.56. The number of fused-ring (bicyclic) bond motifs is 1. The molecule has 1 aromatic carbocycles. The molecule has 7 heteroatoms. The van der Waals surface area contributed by atoms with Crippen molar-refractivity contribution in [1.29, 1.82) is 0 Å². The summed E-state index contributed by atoms with van der Waals surface area (Å²) in [6, 6.07) is 15.3. The number of hydrogen-bond donors (Lipinski definition) is 1. The molecular formula is C22H22N6O. The fourth-order valence-electron chi connectivity index (χ4n) is 3.92. The normalized spacial score (nSPS) is 15.1. The summed E-state index contributed by atoms with van der Waals surface area (Å²) < 4.78 is 1.61. The minimum Gasteiger partial charge on any atom is -0.342 e. The van der Waals surface area contributed by atoms with E-state index in [1.165, 1.54) is 0 Å². The molecule has 29 heavy (non-hydrogen) atoms. The Hall–Kier alpha value is -3.48. The van der Waals surface area contributed by atoms with E-state index in [1.54, 1.807) is 29.2 Å². The molecule has 0 saturated carbocycles. The molecule has 4 aromatic rings. The van der Waals surface area contributed by atoms with Crippen molar-refractivity contribution in [2.24, 2.45) is 5.92 Å². The molecule has 0 unspecified atom stereocenters. The summed E-state index contributed by atoms with van der Waals surface area (Å²) in [7, 11) is 0. The van der Waals surface area contributed by atoms with Gasteiger partial charge in [0.25, 0.3) is 5.56 Å². The minimum absolute atomic E-state index is 0.0532.